The van der Waals surface area contributed by atoms with E-state index in [1.54, 1.807) is 23.2 Å². The zero-order valence-corrected chi connectivity index (χ0v) is 22.5. The number of carbonyl (C=O) groups is 1. The molecule has 38 heavy (non-hydrogen) atoms. The van der Waals surface area contributed by atoms with E-state index < -0.39 is 6.10 Å². The molecule has 3 heterocycles. The third-order valence-electron chi connectivity index (χ3n) is 6.50. The van der Waals surface area contributed by atoms with Crippen LogP contribution in [0.3, 0.4) is 0 Å². The SMILES string of the molecule is Cc1cccn2c(=O)c(/C=C3\SC(=S)N([C@@H](C)c4ccccc4)C3=O)c(NC[C@H](O)c3ccccc3)nc12. The summed E-state index contributed by atoms with van der Waals surface area (Å²) in [4.78, 5) is 33.8. The van der Waals surface area contributed by atoms with E-state index >= 15 is 0 Å². The average Bonchev–Trinajstić information content (AvgIpc) is 3.22. The fraction of sp³-hybridized carbons (Fsp3) is 0.172. The summed E-state index contributed by atoms with van der Waals surface area (Å²) in [6.45, 7) is 3.93. The Morgan fingerprint density at radius 2 is 1.68 bits per heavy atom. The Labute approximate surface area is 229 Å². The van der Waals surface area contributed by atoms with Crippen LogP contribution in [0.15, 0.2) is 88.7 Å². The minimum absolute atomic E-state index is 0.130. The molecule has 1 aliphatic heterocycles. The van der Waals surface area contributed by atoms with Gasteiger partial charge in [0.2, 0.25) is 0 Å². The van der Waals surface area contributed by atoms with Crippen molar-refractivity contribution in [2.75, 3.05) is 11.9 Å². The lowest BCUT2D eigenvalue weighted by Crippen LogP contribution is -2.31. The van der Waals surface area contributed by atoms with Gasteiger partial charge in [-0.3, -0.25) is 18.9 Å². The molecule has 1 saturated heterocycles. The van der Waals surface area contributed by atoms with Gasteiger partial charge in [-0.1, -0.05) is 90.7 Å². The molecular weight excluding hydrogens is 516 g/mol. The average molecular weight is 543 g/mol. The Hall–Kier alpha value is -3.79. The van der Waals surface area contributed by atoms with E-state index in [0.717, 1.165) is 28.5 Å². The summed E-state index contributed by atoms with van der Waals surface area (Å²) in [6.07, 6.45) is 2.39. The molecule has 2 aromatic carbocycles. The van der Waals surface area contributed by atoms with Gasteiger partial charge < -0.3 is 10.4 Å². The van der Waals surface area contributed by atoms with Crippen LogP contribution in [0, 0.1) is 6.92 Å². The molecule has 192 valence electrons. The van der Waals surface area contributed by atoms with Crippen molar-refractivity contribution < 1.29 is 9.90 Å². The summed E-state index contributed by atoms with van der Waals surface area (Å²) in [7, 11) is 0. The van der Waals surface area contributed by atoms with Crippen LogP contribution in [0.2, 0.25) is 0 Å². The van der Waals surface area contributed by atoms with E-state index in [1.807, 2.05) is 80.6 Å². The highest BCUT2D eigenvalue weighted by molar-refractivity contribution is 8.26. The third kappa shape index (κ3) is 5.00. The fourth-order valence-electron chi connectivity index (χ4n) is 4.39. The number of aliphatic hydroxyl groups excluding tert-OH is 1. The summed E-state index contributed by atoms with van der Waals surface area (Å²) >= 11 is 6.73. The van der Waals surface area contributed by atoms with Gasteiger partial charge in [-0.2, -0.15) is 0 Å². The number of thiocarbonyl (C=S) groups is 1. The number of amides is 1. The number of hydrogen-bond acceptors (Lipinski definition) is 7. The fourth-order valence-corrected chi connectivity index (χ4v) is 5.79. The van der Waals surface area contributed by atoms with Crippen molar-refractivity contribution in [3.05, 3.63) is 117 Å². The highest BCUT2D eigenvalue weighted by Gasteiger charge is 2.36. The first-order chi connectivity index (χ1) is 18.3. The van der Waals surface area contributed by atoms with Gasteiger partial charge >= 0.3 is 0 Å². The summed E-state index contributed by atoms with van der Waals surface area (Å²) in [5, 5.41) is 13.8. The second kappa shape index (κ2) is 10.9. The van der Waals surface area contributed by atoms with Crippen LogP contribution >= 0.6 is 24.0 Å². The van der Waals surface area contributed by atoms with Gasteiger partial charge in [-0.15, -0.1) is 0 Å². The van der Waals surface area contributed by atoms with Gasteiger partial charge in [0.05, 0.1) is 22.6 Å². The second-order valence-corrected chi connectivity index (χ2v) is 10.7. The van der Waals surface area contributed by atoms with Crippen LogP contribution in [0.25, 0.3) is 11.7 Å². The molecule has 5 rings (SSSR count). The molecule has 7 nitrogen and oxygen atoms in total. The summed E-state index contributed by atoms with van der Waals surface area (Å²) in [5.74, 6) is 0.0287. The third-order valence-corrected chi connectivity index (χ3v) is 7.83. The van der Waals surface area contributed by atoms with Crippen LogP contribution in [-0.2, 0) is 4.79 Å². The Morgan fingerprint density at radius 3 is 2.37 bits per heavy atom. The number of aromatic nitrogens is 2. The molecule has 0 radical (unpaired) electrons. The zero-order valence-electron chi connectivity index (χ0n) is 20.9. The summed E-state index contributed by atoms with van der Waals surface area (Å²) in [6, 6.07) is 22.3. The van der Waals surface area contributed by atoms with Crippen molar-refractivity contribution in [3.8, 4) is 0 Å². The number of thioether (sulfide) groups is 1. The van der Waals surface area contributed by atoms with Crippen LogP contribution in [-0.4, -0.2) is 36.2 Å². The van der Waals surface area contributed by atoms with Crippen molar-refractivity contribution in [2.24, 2.45) is 0 Å². The maximum absolute atomic E-state index is 13.6. The highest BCUT2D eigenvalue weighted by atomic mass is 32.2. The molecule has 2 N–H and O–H groups in total. The first-order valence-electron chi connectivity index (χ1n) is 12.2. The van der Waals surface area contributed by atoms with Gasteiger partial charge in [0, 0.05) is 12.7 Å². The zero-order chi connectivity index (χ0) is 26.8. The van der Waals surface area contributed by atoms with Gasteiger partial charge in [-0.25, -0.2) is 4.98 Å². The number of nitrogens with zero attached hydrogens (tertiary/aromatic N) is 3. The largest absolute Gasteiger partial charge is 0.387 e. The molecule has 2 aromatic heterocycles. The van der Waals surface area contributed by atoms with Crippen LogP contribution in [0.1, 0.15) is 41.3 Å². The number of carbonyl (C=O) groups excluding carboxylic acids is 1. The van der Waals surface area contributed by atoms with Crippen molar-refractivity contribution in [1.82, 2.24) is 14.3 Å². The van der Waals surface area contributed by atoms with Gasteiger partial charge in [-0.05, 0) is 42.7 Å². The Balaban J connectivity index is 1.53. The molecule has 0 saturated carbocycles. The van der Waals surface area contributed by atoms with Crippen molar-refractivity contribution in [3.63, 3.8) is 0 Å². The number of aryl methyl sites for hydroxylation is 1. The quantitative estimate of drug-likeness (QED) is 0.248. The first-order valence-corrected chi connectivity index (χ1v) is 13.4. The minimum atomic E-state index is -0.814. The Bertz CT molecular complexity index is 1600. The maximum atomic E-state index is 13.6. The number of fused-ring (bicyclic) bond motifs is 1. The standard InChI is InChI=1S/C29H26N4O3S2/c1-18-10-9-15-32-26(18)31-25(30-17-23(34)21-13-7-4-8-14-21)22(27(32)35)16-24-28(36)33(29(37)38-24)19(2)20-11-5-3-6-12-20/h3-16,19,23,30,34H,17H2,1-2H3/b24-16-/t19-,23-/m0/s1. The smallest absolute Gasteiger partial charge is 0.267 e. The number of hydrogen-bond donors (Lipinski definition) is 2. The first kappa shape index (κ1) is 25.8. The molecule has 0 spiro atoms. The molecular formula is C29H26N4O3S2. The molecule has 0 bridgehead atoms. The van der Waals surface area contributed by atoms with Crippen molar-refractivity contribution in [1.29, 1.82) is 0 Å². The van der Waals surface area contributed by atoms with E-state index in [-0.39, 0.29) is 29.6 Å². The monoisotopic (exact) mass is 542 g/mol. The molecule has 2 atom stereocenters. The number of anilines is 1. The number of pyridine rings is 1. The molecule has 1 fully saturated rings. The van der Waals surface area contributed by atoms with Gasteiger partial charge in [0.1, 0.15) is 15.8 Å². The number of nitrogens with one attached hydrogen (secondary N) is 1. The number of benzene rings is 2. The van der Waals surface area contributed by atoms with Crippen molar-refractivity contribution >= 4 is 51.7 Å². The second-order valence-electron chi connectivity index (χ2n) is 9.01. The number of rotatable bonds is 7. The molecule has 9 heteroatoms. The van der Waals surface area contributed by atoms with Crippen LogP contribution < -0.4 is 10.9 Å². The van der Waals surface area contributed by atoms with Crippen molar-refractivity contribution in [2.45, 2.75) is 26.0 Å². The highest BCUT2D eigenvalue weighted by Crippen LogP contribution is 2.38. The van der Waals surface area contributed by atoms with Gasteiger partial charge in [0.25, 0.3) is 11.5 Å². The molecule has 0 unspecified atom stereocenters. The summed E-state index contributed by atoms with van der Waals surface area (Å²) in [5.41, 5.74) is 2.93. The molecule has 4 aromatic rings. The van der Waals surface area contributed by atoms with E-state index in [1.165, 1.54) is 4.40 Å². The topological polar surface area (TPSA) is 86.9 Å². The van der Waals surface area contributed by atoms with E-state index in [0.29, 0.717) is 20.7 Å². The lowest BCUT2D eigenvalue weighted by atomic mass is 10.1. The molecule has 0 aliphatic carbocycles. The minimum Gasteiger partial charge on any atom is -0.387 e. The predicted octanol–water partition coefficient (Wildman–Crippen LogP) is 5.11. The van der Waals surface area contributed by atoms with E-state index in [4.69, 9.17) is 17.2 Å². The van der Waals surface area contributed by atoms with E-state index in [9.17, 15) is 14.7 Å². The normalized spacial score (nSPS) is 16.3. The molecule has 1 amide bonds. The Morgan fingerprint density at radius 1 is 1.03 bits per heavy atom. The van der Waals surface area contributed by atoms with Crippen LogP contribution in [0.4, 0.5) is 5.82 Å². The predicted molar refractivity (Wildman–Crippen MR) is 156 cm³/mol. The lowest BCUT2D eigenvalue weighted by Gasteiger charge is -2.23. The number of aliphatic hydroxyl groups is 1. The van der Waals surface area contributed by atoms with Crippen LogP contribution in [0.5, 0.6) is 0 Å². The summed E-state index contributed by atoms with van der Waals surface area (Å²) < 4.78 is 1.89. The molecule has 1 aliphatic rings. The van der Waals surface area contributed by atoms with E-state index in [2.05, 4.69) is 5.32 Å². The van der Waals surface area contributed by atoms with Gasteiger partial charge in [0.15, 0.2) is 0 Å². The Kier molecular flexibility index (Phi) is 7.42. The lowest BCUT2D eigenvalue weighted by molar-refractivity contribution is -0.123. The maximum Gasteiger partial charge on any atom is 0.267 e.